The molecule has 0 spiro atoms. The number of rotatable bonds is 3. The quantitative estimate of drug-likeness (QED) is 0.264. The molecule has 2 radical (unpaired) electrons. The summed E-state index contributed by atoms with van der Waals surface area (Å²) >= 11 is 0. The predicted molar refractivity (Wildman–Crippen MR) is 184 cm³/mol. The summed E-state index contributed by atoms with van der Waals surface area (Å²) in [6.45, 7) is 5.26. The summed E-state index contributed by atoms with van der Waals surface area (Å²) in [6, 6.07) is 41.5. The second kappa shape index (κ2) is 6.58. The Morgan fingerprint density at radius 1 is 0.732 bits per heavy atom. The first-order chi connectivity index (χ1) is 20.1. The summed E-state index contributed by atoms with van der Waals surface area (Å²) in [5, 5.41) is 8.72. The molecule has 4 saturated heterocycles. The minimum absolute atomic E-state index is 0.0906. The number of hydrogen-bond donors (Lipinski definition) is 1. The third-order valence-electron chi connectivity index (χ3n) is 11.9. The van der Waals surface area contributed by atoms with Crippen molar-refractivity contribution in [3.63, 3.8) is 0 Å². The van der Waals surface area contributed by atoms with Gasteiger partial charge in [0.15, 0.2) is 0 Å². The molecule has 0 amide bonds. The van der Waals surface area contributed by atoms with Crippen LogP contribution in [0.3, 0.4) is 0 Å². The van der Waals surface area contributed by atoms with Crippen molar-refractivity contribution in [1.29, 1.82) is 0 Å². The molecule has 0 saturated carbocycles. The molecule has 4 fully saturated rings. The molecule has 5 aromatic carbocycles. The summed E-state index contributed by atoms with van der Waals surface area (Å²) in [6.07, 6.45) is 0.165. The third kappa shape index (κ3) is 2.10. The van der Waals surface area contributed by atoms with E-state index in [-0.39, 0.29) is 12.1 Å². The van der Waals surface area contributed by atoms with Gasteiger partial charge in [-0.3, -0.25) is 0 Å². The van der Waals surface area contributed by atoms with Crippen LogP contribution < -0.4 is 26.8 Å². The standard InChI is InChI=1S/C33H25B5N2P/c1-33(2)24-20-19-23-22-13-6-8-16-27(22)40-28-17-9-7-14-25(28)35(31(24)32(23)40)26-15-10-18-29(30(26)33)41(36-34-37(41)38(36)41)39-21-11-4-3-5-12-21/h3-20,39H,1-2H3/q-1. The number of benzene rings is 5. The van der Waals surface area contributed by atoms with Crippen molar-refractivity contribution in [1.82, 2.24) is 4.57 Å². The molecule has 188 valence electrons. The van der Waals surface area contributed by atoms with Crippen LogP contribution in [-0.4, -0.2) is 37.0 Å². The molecule has 8 heteroatoms. The van der Waals surface area contributed by atoms with Crippen LogP contribution in [0.25, 0.3) is 27.5 Å². The molecule has 6 aliphatic heterocycles. The predicted octanol–water partition coefficient (Wildman–Crippen LogP) is 4.33. The van der Waals surface area contributed by atoms with Gasteiger partial charge in [-0.2, -0.15) is 0 Å². The van der Waals surface area contributed by atoms with Gasteiger partial charge >= 0.3 is 243 Å². The number of anilines is 1. The van der Waals surface area contributed by atoms with Crippen LogP contribution in [0.15, 0.2) is 109 Å². The molecule has 6 aromatic rings. The van der Waals surface area contributed by atoms with E-state index in [0.29, 0.717) is 0 Å². The minimum atomic E-state index is -2.22. The molecule has 0 unspecified atom stereocenters. The molecule has 0 atom stereocenters. The number of aromatic nitrogens is 1. The Bertz CT molecular complexity index is 2190. The van der Waals surface area contributed by atoms with Crippen molar-refractivity contribution >= 4 is 88.0 Å². The van der Waals surface area contributed by atoms with Crippen LogP contribution in [-0.2, 0) is 5.41 Å². The van der Waals surface area contributed by atoms with Gasteiger partial charge in [-0.1, -0.05) is 0 Å². The Kier molecular flexibility index (Phi) is 3.55. The normalized spacial score (nSPS) is 20.9. The summed E-state index contributed by atoms with van der Waals surface area (Å²) < 4.78 is 2.56. The van der Waals surface area contributed by atoms with E-state index in [4.69, 9.17) is 0 Å². The van der Waals surface area contributed by atoms with E-state index >= 15 is 0 Å². The van der Waals surface area contributed by atoms with Crippen LogP contribution in [0.5, 0.6) is 0 Å². The fourth-order valence-corrected chi connectivity index (χ4v) is 18.5. The van der Waals surface area contributed by atoms with Gasteiger partial charge in [-0.25, -0.2) is 0 Å². The van der Waals surface area contributed by atoms with Crippen LogP contribution in [0.4, 0.5) is 5.69 Å². The van der Waals surface area contributed by atoms with Gasteiger partial charge in [0, 0.05) is 0 Å². The molecule has 41 heavy (non-hydrogen) atoms. The molecule has 12 rings (SSSR count). The van der Waals surface area contributed by atoms with Crippen LogP contribution >= 0.6 is 6.39 Å². The van der Waals surface area contributed by atoms with E-state index < -0.39 is 6.39 Å². The maximum absolute atomic E-state index is 4.31. The monoisotopic (exact) mass is 535 g/mol. The molecule has 1 aromatic heterocycles. The number of para-hydroxylation sites is 3. The summed E-state index contributed by atoms with van der Waals surface area (Å²) in [7, 11) is 2.65. The molecular formula is C33H25B5N2P-. The first-order valence-electron chi connectivity index (χ1n) is 15.1. The van der Waals surface area contributed by atoms with Crippen LogP contribution in [0.1, 0.15) is 25.0 Å². The van der Waals surface area contributed by atoms with Crippen molar-refractivity contribution in [3.05, 3.63) is 120 Å². The fraction of sp³-hybridized carbons (Fsp3) is 0.0909. The Morgan fingerprint density at radius 2 is 1.46 bits per heavy atom. The van der Waals surface area contributed by atoms with Gasteiger partial charge in [-0.05, 0) is 0 Å². The topological polar surface area (TPSA) is 17.0 Å². The van der Waals surface area contributed by atoms with Gasteiger partial charge < -0.3 is 0 Å². The molecule has 2 bridgehead atoms. The van der Waals surface area contributed by atoms with Crippen LogP contribution in [0, 0.1) is 0 Å². The molecule has 6 aliphatic rings. The van der Waals surface area contributed by atoms with Crippen LogP contribution in [0.2, 0.25) is 0 Å². The Labute approximate surface area is 242 Å². The first kappa shape index (κ1) is 22.1. The molecule has 0 aliphatic carbocycles. The van der Waals surface area contributed by atoms with E-state index in [9.17, 15) is 0 Å². The number of hydrogen-bond acceptors (Lipinski definition) is 1. The maximum atomic E-state index is 4.31. The van der Waals surface area contributed by atoms with Gasteiger partial charge in [0.05, 0.1) is 0 Å². The van der Waals surface area contributed by atoms with E-state index in [0.717, 1.165) is 18.6 Å². The van der Waals surface area contributed by atoms with E-state index in [1.807, 2.05) is 0 Å². The average Bonchev–Trinajstić information content (AvgIpc) is 3.57. The third-order valence-corrected chi connectivity index (χ3v) is 18.9. The van der Waals surface area contributed by atoms with E-state index in [1.54, 1.807) is 10.9 Å². The zero-order valence-electron chi connectivity index (χ0n) is 23.2. The van der Waals surface area contributed by atoms with Crippen molar-refractivity contribution in [2.24, 2.45) is 0 Å². The van der Waals surface area contributed by atoms with Gasteiger partial charge in [-0.15, -0.1) is 0 Å². The van der Waals surface area contributed by atoms with Crippen molar-refractivity contribution in [2.75, 3.05) is 5.09 Å². The molecule has 2 nitrogen and oxygen atoms in total. The second-order valence-corrected chi connectivity index (χ2v) is 18.8. The zero-order chi connectivity index (χ0) is 26.9. The Morgan fingerprint density at radius 3 is 2.27 bits per heavy atom. The van der Waals surface area contributed by atoms with Gasteiger partial charge in [0.2, 0.25) is 0 Å². The molecular weight excluding hydrogens is 509 g/mol. The summed E-state index contributed by atoms with van der Waals surface area (Å²) in [5.41, 5.74) is 12.9. The molecule has 1 N–H and O–H groups in total. The van der Waals surface area contributed by atoms with E-state index in [1.165, 1.54) is 55.1 Å². The fourth-order valence-electron chi connectivity index (χ4n) is 10.1. The average molecular weight is 535 g/mol. The van der Waals surface area contributed by atoms with Crippen molar-refractivity contribution in [3.8, 4) is 5.69 Å². The Balaban J connectivity index is 1.25. The SMILES string of the molecule is CC1(C)c2ccc3c4ccccc4n4c3c2B(c2ccccc2-4)c2cccc(P34(Nc5ccccc5)B5[B-]B3B54)c21. The van der Waals surface area contributed by atoms with Crippen molar-refractivity contribution < 1.29 is 0 Å². The summed E-state index contributed by atoms with van der Waals surface area (Å²) in [4.78, 5) is 0. The number of fused-ring (bicyclic) bond motifs is 8. The Hall–Kier alpha value is -3.55. The second-order valence-electron chi connectivity index (χ2n) is 13.6. The van der Waals surface area contributed by atoms with Gasteiger partial charge in [0.25, 0.3) is 0 Å². The van der Waals surface area contributed by atoms with Gasteiger partial charge in [0.1, 0.15) is 0 Å². The number of nitrogens with one attached hydrogen (secondary N) is 1. The van der Waals surface area contributed by atoms with E-state index in [2.05, 4.69) is 140 Å². The van der Waals surface area contributed by atoms with Crippen molar-refractivity contribution in [2.45, 2.75) is 19.3 Å². The summed E-state index contributed by atoms with van der Waals surface area (Å²) in [5.74, 6) is 0. The molecule has 7 heterocycles. The zero-order valence-corrected chi connectivity index (χ0v) is 24.1. The number of nitrogens with zero attached hydrogens (tertiary/aromatic N) is 1. The first-order valence-corrected chi connectivity index (χ1v) is 17.5.